The van der Waals surface area contributed by atoms with Crippen molar-refractivity contribution in [2.75, 3.05) is 10.8 Å². The molecule has 0 aliphatic heterocycles. The zero-order valence-electron chi connectivity index (χ0n) is 18.3. The van der Waals surface area contributed by atoms with E-state index in [4.69, 9.17) is 4.74 Å². The van der Waals surface area contributed by atoms with Crippen molar-refractivity contribution in [3.05, 3.63) is 108 Å². The van der Waals surface area contributed by atoms with Crippen LogP contribution in [0, 0.1) is 6.92 Å². The molecule has 4 rings (SSSR count). The van der Waals surface area contributed by atoms with Crippen molar-refractivity contribution < 1.29 is 17.9 Å². The number of anilines is 1. The molecular formula is C26H23NO4S2. The van der Waals surface area contributed by atoms with E-state index in [0.717, 1.165) is 16.3 Å². The highest BCUT2D eigenvalue weighted by Crippen LogP contribution is 2.33. The number of sulfonamides is 1. The van der Waals surface area contributed by atoms with E-state index >= 15 is 0 Å². The van der Waals surface area contributed by atoms with Crippen LogP contribution in [0.3, 0.4) is 0 Å². The molecule has 0 heterocycles. The number of carbonyl (C=O) groups excluding carboxylic acids is 1. The van der Waals surface area contributed by atoms with E-state index in [-0.39, 0.29) is 10.5 Å². The summed E-state index contributed by atoms with van der Waals surface area (Å²) in [5, 5.41) is 2.24. The predicted molar refractivity (Wildman–Crippen MR) is 134 cm³/mol. The van der Waals surface area contributed by atoms with E-state index in [0.29, 0.717) is 17.0 Å². The molecule has 0 aliphatic carbocycles. The molecule has 0 saturated carbocycles. The standard InChI is InChI=1S/C26H23NO4S2/c1-19-12-15-24(17-25(19)26(28)31-2)33(29,30)27(23-10-4-3-5-11-23)32-18-20-13-14-21-8-6-7-9-22(21)16-20/h3-17H,18H2,1-2H3. The van der Waals surface area contributed by atoms with Gasteiger partial charge in [0.05, 0.1) is 23.3 Å². The normalized spacial score (nSPS) is 11.3. The Morgan fingerprint density at radius 3 is 2.30 bits per heavy atom. The number of benzene rings is 4. The summed E-state index contributed by atoms with van der Waals surface area (Å²) in [6.45, 7) is 1.74. The van der Waals surface area contributed by atoms with Crippen LogP contribution in [0.5, 0.6) is 0 Å². The number of rotatable bonds is 7. The van der Waals surface area contributed by atoms with Gasteiger partial charge in [-0.05, 0) is 65.0 Å². The van der Waals surface area contributed by atoms with Crippen LogP contribution in [0.15, 0.2) is 95.9 Å². The maximum atomic E-state index is 13.7. The number of nitrogens with zero attached hydrogens (tertiary/aromatic N) is 1. The number of hydrogen-bond donors (Lipinski definition) is 0. The minimum absolute atomic E-state index is 0.0309. The van der Waals surface area contributed by atoms with Gasteiger partial charge in [-0.2, -0.15) is 0 Å². The van der Waals surface area contributed by atoms with Gasteiger partial charge < -0.3 is 4.74 Å². The summed E-state index contributed by atoms with van der Waals surface area (Å²) in [7, 11) is -2.68. The zero-order chi connectivity index (χ0) is 23.4. The highest BCUT2D eigenvalue weighted by atomic mass is 32.3. The van der Waals surface area contributed by atoms with Crippen molar-refractivity contribution in [3.8, 4) is 0 Å². The van der Waals surface area contributed by atoms with Crippen molar-refractivity contribution in [2.24, 2.45) is 0 Å². The van der Waals surface area contributed by atoms with Gasteiger partial charge >= 0.3 is 5.97 Å². The maximum Gasteiger partial charge on any atom is 0.338 e. The van der Waals surface area contributed by atoms with E-state index in [1.807, 2.05) is 42.5 Å². The van der Waals surface area contributed by atoms with Gasteiger partial charge in [-0.3, -0.25) is 0 Å². The van der Waals surface area contributed by atoms with Gasteiger partial charge in [0, 0.05) is 5.75 Å². The van der Waals surface area contributed by atoms with Gasteiger partial charge in [-0.1, -0.05) is 66.7 Å². The molecule has 0 radical (unpaired) electrons. The largest absolute Gasteiger partial charge is 0.465 e. The number of fused-ring (bicyclic) bond motifs is 1. The fourth-order valence-electron chi connectivity index (χ4n) is 3.48. The van der Waals surface area contributed by atoms with Crippen LogP contribution >= 0.6 is 11.9 Å². The molecule has 168 valence electrons. The van der Waals surface area contributed by atoms with E-state index in [1.165, 1.54) is 34.9 Å². The predicted octanol–water partition coefficient (Wildman–Crippen LogP) is 5.98. The summed E-state index contributed by atoms with van der Waals surface area (Å²) < 4.78 is 33.5. The fraction of sp³-hybridized carbons (Fsp3) is 0.115. The maximum absolute atomic E-state index is 13.7. The molecule has 5 nitrogen and oxygen atoms in total. The Hall–Kier alpha value is -3.29. The summed E-state index contributed by atoms with van der Waals surface area (Å²) in [4.78, 5) is 12.2. The van der Waals surface area contributed by atoms with Crippen molar-refractivity contribution in [1.29, 1.82) is 0 Å². The highest BCUT2D eigenvalue weighted by molar-refractivity contribution is 8.14. The third kappa shape index (κ3) is 4.89. The minimum Gasteiger partial charge on any atom is -0.465 e. The van der Waals surface area contributed by atoms with Crippen molar-refractivity contribution in [3.63, 3.8) is 0 Å². The Labute approximate surface area is 198 Å². The topological polar surface area (TPSA) is 63.7 Å². The Morgan fingerprint density at radius 2 is 1.58 bits per heavy atom. The molecule has 7 heteroatoms. The molecule has 33 heavy (non-hydrogen) atoms. The van der Waals surface area contributed by atoms with Crippen LogP contribution < -0.4 is 3.71 Å². The Morgan fingerprint density at radius 1 is 0.879 bits per heavy atom. The second-order valence-electron chi connectivity index (χ2n) is 7.49. The number of methoxy groups -OCH3 is 1. The number of esters is 1. The number of carbonyl (C=O) groups is 1. The highest BCUT2D eigenvalue weighted by Gasteiger charge is 2.27. The SMILES string of the molecule is COC(=O)c1cc(S(=O)(=O)N(SCc2ccc3ccccc3c2)c2ccccc2)ccc1C. The molecule has 4 aromatic carbocycles. The average molecular weight is 478 g/mol. The Bertz CT molecular complexity index is 1400. The first-order valence-electron chi connectivity index (χ1n) is 10.3. The third-order valence-electron chi connectivity index (χ3n) is 5.26. The lowest BCUT2D eigenvalue weighted by atomic mass is 10.1. The molecule has 0 aliphatic rings. The Balaban J connectivity index is 1.70. The van der Waals surface area contributed by atoms with Crippen LogP contribution in [0.25, 0.3) is 10.8 Å². The summed E-state index contributed by atoms with van der Waals surface area (Å²) in [6, 6.07) is 27.6. The molecule has 0 atom stereocenters. The van der Waals surface area contributed by atoms with Crippen LogP contribution in [0.1, 0.15) is 21.5 Å². The Kier molecular flexibility index (Phi) is 6.72. The quantitative estimate of drug-likeness (QED) is 0.242. The molecule has 0 saturated heterocycles. The third-order valence-corrected chi connectivity index (χ3v) is 8.57. The van der Waals surface area contributed by atoms with Crippen molar-refractivity contribution in [2.45, 2.75) is 17.6 Å². The van der Waals surface area contributed by atoms with Crippen LogP contribution in [-0.4, -0.2) is 21.5 Å². The summed E-state index contributed by atoms with van der Waals surface area (Å²) in [5.41, 5.74) is 2.42. The first-order valence-corrected chi connectivity index (χ1v) is 12.7. The van der Waals surface area contributed by atoms with E-state index in [9.17, 15) is 13.2 Å². The number of para-hydroxylation sites is 1. The first kappa shape index (κ1) is 22.9. The lowest BCUT2D eigenvalue weighted by Crippen LogP contribution is -2.25. The smallest absolute Gasteiger partial charge is 0.338 e. The monoisotopic (exact) mass is 477 g/mol. The second kappa shape index (κ2) is 9.68. The molecule has 0 fully saturated rings. The summed E-state index contributed by atoms with van der Waals surface area (Å²) in [5.74, 6) is -0.117. The first-order chi connectivity index (χ1) is 15.9. The molecule has 0 bridgehead atoms. The summed E-state index contributed by atoms with van der Waals surface area (Å²) >= 11 is 1.19. The van der Waals surface area contributed by atoms with Crippen LogP contribution in [-0.2, 0) is 20.5 Å². The molecule has 0 aromatic heterocycles. The lowest BCUT2D eigenvalue weighted by Gasteiger charge is -2.23. The lowest BCUT2D eigenvalue weighted by molar-refractivity contribution is 0.0599. The van der Waals surface area contributed by atoms with Crippen molar-refractivity contribution in [1.82, 2.24) is 0 Å². The van der Waals surface area contributed by atoms with Gasteiger partial charge in [0.1, 0.15) is 0 Å². The molecule has 0 N–H and O–H groups in total. The number of ether oxygens (including phenoxy) is 1. The number of aryl methyl sites for hydroxylation is 1. The van der Waals surface area contributed by atoms with Crippen molar-refractivity contribution >= 4 is 44.4 Å². The molecule has 0 unspecified atom stereocenters. The molecule has 4 aromatic rings. The molecular weight excluding hydrogens is 454 g/mol. The van der Waals surface area contributed by atoms with Gasteiger partial charge in [0.15, 0.2) is 0 Å². The van der Waals surface area contributed by atoms with E-state index < -0.39 is 16.0 Å². The minimum atomic E-state index is -3.96. The fourth-order valence-corrected chi connectivity index (χ4v) is 6.27. The molecule has 0 amide bonds. The van der Waals surface area contributed by atoms with Gasteiger partial charge in [-0.15, -0.1) is 0 Å². The van der Waals surface area contributed by atoms with Crippen LogP contribution in [0.4, 0.5) is 5.69 Å². The van der Waals surface area contributed by atoms with Gasteiger partial charge in [0.2, 0.25) is 0 Å². The van der Waals surface area contributed by atoms with E-state index in [1.54, 1.807) is 37.3 Å². The number of hydrogen-bond acceptors (Lipinski definition) is 5. The van der Waals surface area contributed by atoms with Gasteiger partial charge in [-0.25, -0.2) is 16.9 Å². The summed E-state index contributed by atoms with van der Waals surface area (Å²) in [6.07, 6.45) is 0. The average Bonchev–Trinajstić information content (AvgIpc) is 2.84. The molecule has 0 spiro atoms. The van der Waals surface area contributed by atoms with Crippen LogP contribution in [0.2, 0.25) is 0 Å². The van der Waals surface area contributed by atoms with E-state index in [2.05, 4.69) is 6.07 Å². The van der Waals surface area contributed by atoms with Gasteiger partial charge in [0.25, 0.3) is 10.0 Å². The second-order valence-corrected chi connectivity index (χ2v) is 10.4. The zero-order valence-corrected chi connectivity index (χ0v) is 19.9.